The van der Waals surface area contributed by atoms with Crippen LogP contribution in [0, 0.1) is 6.10 Å². The fourth-order valence-corrected chi connectivity index (χ4v) is 3.86. The third-order valence-electron chi connectivity index (χ3n) is 2.26. The fourth-order valence-electron chi connectivity index (χ4n) is 1.33. The van der Waals surface area contributed by atoms with E-state index in [-0.39, 0.29) is 12.8 Å². The van der Waals surface area contributed by atoms with Gasteiger partial charge in [0.15, 0.2) is 0 Å². The summed E-state index contributed by atoms with van der Waals surface area (Å²) in [6.07, 6.45) is -2.99. The molecule has 9 nitrogen and oxygen atoms in total. The molecule has 0 aromatic carbocycles. The lowest BCUT2D eigenvalue weighted by atomic mass is 10.1. The molecule has 0 spiro atoms. The van der Waals surface area contributed by atoms with Gasteiger partial charge in [-0.25, -0.2) is 4.79 Å². The highest BCUT2D eigenvalue weighted by atomic mass is 32.3. The molecular formula is C7H13O9S2. The van der Waals surface area contributed by atoms with Gasteiger partial charge < -0.3 is 10.2 Å². The first kappa shape index (κ1) is 17.2. The molecule has 0 aliphatic carbocycles. The topological polar surface area (TPSA) is 166 Å². The van der Waals surface area contributed by atoms with E-state index in [9.17, 15) is 26.7 Å². The Bertz CT molecular complexity index is 471. The highest BCUT2D eigenvalue weighted by Gasteiger charge is 2.63. The van der Waals surface area contributed by atoms with Crippen molar-refractivity contribution in [3.8, 4) is 0 Å². The SMILES string of the molecule is CCCCC([C](O)C(=O)O)(S(=O)(=O)O)S(=O)(=O)O. The van der Waals surface area contributed by atoms with Gasteiger partial charge in [-0.3, -0.25) is 9.11 Å². The van der Waals surface area contributed by atoms with Gasteiger partial charge in [-0.2, -0.15) is 16.8 Å². The maximum Gasteiger partial charge on any atom is 0.342 e. The van der Waals surface area contributed by atoms with Crippen molar-refractivity contribution in [3.63, 3.8) is 0 Å². The van der Waals surface area contributed by atoms with Gasteiger partial charge in [0, 0.05) is 0 Å². The zero-order valence-corrected chi connectivity index (χ0v) is 10.9. The summed E-state index contributed by atoms with van der Waals surface area (Å²) in [5.74, 6) is -2.28. The van der Waals surface area contributed by atoms with Crippen molar-refractivity contribution in [1.29, 1.82) is 0 Å². The summed E-state index contributed by atoms with van der Waals surface area (Å²) in [6, 6.07) is 0. The Morgan fingerprint density at radius 3 is 1.67 bits per heavy atom. The molecule has 0 bridgehead atoms. The average molecular weight is 305 g/mol. The van der Waals surface area contributed by atoms with E-state index in [0.717, 1.165) is 0 Å². The van der Waals surface area contributed by atoms with Crippen molar-refractivity contribution >= 4 is 26.2 Å². The highest BCUT2D eigenvalue weighted by molar-refractivity contribution is 8.05. The number of aliphatic carboxylic acids is 1. The van der Waals surface area contributed by atoms with E-state index in [1.807, 2.05) is 0 Å². The molecule has 0 aliphatic rings. The first-order valence-electron chi connectivity index (χ1n) is 4.65. The Balaban J connectivity index is 6.15. The second-order valence-electron chi connectivity index (χ2n) is 3.46. The zero-order valence-electron chi connectivity index (χ0n) is 9.27. The van der Waals surface area contributed by atoms with Crippen LogP contribution in [0.25, 0.3) is 0 Å². The van der Waals surface area contributed by atoms with Crippen molar-refractivity contribution in [2.45, 2.75) is 30.3 Å². The minimum atomic E-state index is -5.61. The van der Waals surface area contributed by atoms with Crippen molar-refractivity contribution in [2.75, 3.05) is 0 Å². The van der Waals surface area contributed by atoms with Crippen LogP contribution in [0.15, 0.2) is 0 Å². The van der Waals surface area contributed by atoms with Crippen LogP contribution >= 0.6 is 0 Å². The summed E-state index contributed by atoms with van der Waals surface area (Å²) in [6.45, 7) is 1.52. The van der Waals surface area contributed by atoms with E-state index >= 15 is 0 Å². The lowest BCUT2D eigenvalue weighted by molar-refractivity contribution is -0.140. The molecule has 0 aliphatic heterocycles. The molecule has 107 valence electrons. The van der Waals surface area contributed by atoms with Crippen molar-refractivity contribution in [1.82, 2.24) is 0 Å². The fraction of sp³-hybridized carbons (Fsp3) is 0.714. The number of aliphatic hydroxyl groups excluding tert-OH is 1. The summed E-state index contributed by atoms with van der Waals surface area (Å²) in [5, 5.41) is 17.7. The smallest absolute Gasteiger partial charge is 0.342 e. The van der Waals surface area contributed by atoms with Gasteiger partial charge in [0.2, 0.25) is 6.10 Å². The van der Waals surface area contributed by atoms with E-state index in [0.29, 0.717) is 0 Å². The summed E-state index contributed by atoms with van der Waals surface area (Å²) in [7, 11) is -11.2. The van der Waals surface area contributed by atoms with Gasteiger partial charge in [0.05, 0.1) is 0 Å². The number of carbonyl (C=O) groups is 1. The first-order chi connectivity index (χ1) is 7.91. The van der Waals surface area contributed by atoms with Gasteiger partial charge >= 0.3 is 5.97 Å². The normalized spacial score (nSPS) is 13.8. The number of aliphatic hydroxyl groups is 1. The number of unbranched alkanes of at least 4 members (excludes halogenated alkanes) is 1. The molecule has 0 atom stereocenters. The number of hydrogen-bond acceptors (Lipinski definition) is 6. The van der Waals surface area contributed by atoms with Crippen LogP contribution in [0.1, 0.15) is 26.2 Å². The van der Waals surface area contributed by atoms with Gasteiger partial charge in [0.1, 0.15) is 0 Å². The summed E-state index contributed by atoms with van der Waals surface area (Å²) in [4.78, 5) is 10.6. The summed E-state index contributed by atoms with van der Waals surface area (Å²) in [5.41, 5.74) is 0. The van der Waals surface area contributed by atoms with Crippen LogP contribution in [0.4, 0.5) is 0 Å². The van der Waals surface area contributed by atoms with Crippen LogP contribution in [-0.4, -0.2) is 46.2 Å². The number of rotatable bonds is 7. The van der Waals surface area contributed by atoms with Gasteiger partial charge in [0.25, 0.3) is 24.3 Å². The van der Waals surface area contributed by atoms with E-state index in [4.69, 9.17) is 14.2 Å². The lowest BCUT2D eigenvalue weighted by Gasteiger charge is -2.28. The van der Waals surface area contributed by atoms with Crippen molar-refractivity contribution in [3.05, 3.63) is 6.10 Å². The highest BCUT2D eigenvalue weighted by Crippen LogP contribution is 2.37. The molecule has 11 heteroatoms. The van der Waals surface area contributed by atoms with Crippen LogP contribution in [0.2, 0.25) is 0 Å². The molecule has 0 heterocycles. The summed E-state index contributed by atoms with van der Waals surface area (Å²) >= 11 is 0. The molecule has 0 amide bonds. The standard InChI is InChI=1S/C7H13O9S2/c1-2-3-4-7(17(11,12)13,18(14,15)16)5(8)6(9)10/h8H,2-4H2,1H3,(H,9,10)(H,11,12,13)(H,14,15,16). The molecule has 0 aromatic heterocycles. The maximum absolute atomic E-state index is 11.1. The minimum absolute atomic E-state index is 0.170. The van der Waals surface area contributed by atoms with Crippen molar-refractivity contribution < 1.29 is 40.9 Å². The molecular weight excluding hydrogens is 292 g/mol. The van der Waals surface area contributed by atoms with E-state index < -0.39 is 42.8 Å². The third-order valence-corrected chi connectivity index (χ3v) is 5.98. The molecule has 18 heavy (non-hydrogen) atoms. The number of hydrogen-bond donors (Lipinski definition) is 4. The maximum atomic E-state index is 11.1. The molecule has 0 saturated heterocycles. The van der Waals surface area contributed by atoms with Gasteiger partial charge in [-0.15, -0.1) is 0 Å². The third kappa shape index (κ3) is 2.98. The molecule has 4 N–H and O–H groups in total. The molecule has 0 aromatic rings. The Kier molecular flexibility index (Phi) is 5.26. The predicted molar refractivity (Wildman–Crippen MR) is 58.2 cm³/mol. The largest absolute Gasteiger partial charge is 0.479 e. The Labute approximate surface area is 104 Å². The van der Waals surface area contributed by atoms with E-state index in [2.05, 4.69) is 0 Å². The Morgan fingerprint density at radius 1 is 1.06 bits per heavy atom. The van der Waals surface area contributed by atoms with Crippen LogP contribution in [0.5, 0.6) is 0 Å². The number of carboxylic acids is 1. The van der Waals surface area contributed by atoms with E-state index in [1.165, 1.54) is 6.92 Å². The molecule has 0 unspecified atom stereocenters. The molecule has 0 fully saturated rings. The second kappa shape index (κ2) is 5.48. The van der Waals surface area contributed by atoms with Crippen LogP contribution < -0.4 is 0 Å². The molecule has 0 rings (SSSR count). The van der Waals surface area contributed by atoms with Crippen molar-refractivity contribution in [2.24, 2.45) is 0 Å². The molecule has 1 radical (unpaired) electrons. The summed E-state index contributed by atoms with van der Waals surface area (Å²) < 4.78 is 58.6. The Morgan fingerprint density at radius 2 is 1.44 bits per heavy atom. The lowest BCUT2D eigenvalue weighted by Crippen LogP contribution is -2.53. The van der Waals surface area contributed by atoms with Crippen LogP contribution in [-0.2, 0) is 25.0 Å². The monoisotopic (exact) mass is 305 g/mol. The van der Waals surface area contributed by atoms with E-state index in [1.54, 1.807) is 0 Å². The second-order valence-corrected chi connectivity index (χ2v) is 7.01. The van der Waals surface area contributed by atoms with Crippen LogP contribution in [0.3, 0.4) is 0 Å². The zero-order chi connectivity index (χ0) is 14.8. The molecule has 0 saturated carbocycles. The first-order valence-corrected chi connectivity index (χ1v) is 7.53. The number of carboxylic acid groups (broad SMARTS) is 1. The predicted octanol–water partition coefficient (Wildman–Crippen LogP) is -0.362. The minimum Gasteiger partial charge on any atom is -0.479 e. The van der Waals surface area contributed by atoms with Gasteiger partial charge in [-0.05, 0) is 6.42 Å². The average Bonchev–Trinajstić information content (AvgIpc) is 2.13. The Hall–Kier alpha value is -0.750. The van der Waals surface area contributed by atoms with Gasteiger partial charge in [-0.1, -0.05) is 19.8 Å². The quantitative estimate of drug-likeness (QED) is 0.459.